The Hall–Kier alpha value is -3.92. The van der Waals surface area contributed by atoms with Crippen molar-refractivity contribution >= 4 is 16.7 Å². The Labute approximate surface area is 213 Å². The van der Waals surface area contributed by atoms with E-state index in [1.165, 1.54) is 18.2 Å². The Kier molecular flexibility index (Phi) is 8.31. The van der Waals surface area contributed by atoms with Crippen LogP contribution < -0.4 is 10.6 Å². The molecule has 0 saturated heterocycles. The van der Waals surface area contributed by atoms with Gasteiger partial charge in [-0.1, -0.05) is 56.2 Å². The molecule has 0 fully saturated rings. The Morgan fingerprint density at radius 1 is 0.972 bits per heavy atom. The Bertz CT molecular complexity index is 1330. The van der Waals surface area contributed by atoms with E-state index in [9.17, 15) is 8.78 Å². The third kappa shape index (κ3) is 5.65. The van der Waals surface area contributed by atoms with Crippen LogP contribution in [0.25, 0.3) is 16.7 Å². The summed E-state index contributed by atoms with van der Waals surface area (Å²) in [5.41, 5.74) is 10.6. The van der Waals surface area contributed by atoms with Gasteiger partial charge in [-0.25, -0.2) is 8.78 Å². The maximum atomic E-state index is 14.6. The lowest BCUT2D eigenvalue weighted by atomic mass is 9.90. The molecule has 2 nitrogen and oxygen atoms in total. The Morgan fingerprint density at radius 2 is 1.64 bits per heavy atom. The van der Waals surface area contributed by atoms with Gasteiger partial charge in [-0.05, 0) is 89.1 Å². The van der Waals surface area contributed by atoms with Crippen molar-refractivity contribution in [2.45, 2.75) is 26.7 Å². The molecular weight excluding hydrogens is 450 g/mol. The van der Waals surface area contributed by atoms with Crippen LogP contribution in [0.1, 0.15) is 41.7 Å². The van der Waals surface area contributed by atoms with Gasteiger partial charge < -0.3 is 10.6 Å². The van der Waals surface area contributed by atoms with Crippen molar-refractivity contribution in [3.63, 3.8) is 0 Å². The van der Waals surface area contributed by atoms with Crippen LogP contribution in [0.3, 0.4) is 0 Å². The molecule has 0 spiro atoms. The third-order valence-corrected chi connectivity index (χ3v) is 6.60. The predicted octanol–water partition coefficient (Wildman–Crippen LogP) is 7.69. The first-order valence-corrected chi connectivity index (χ1v) is 11.8. The molecule has 2 N–H and O–H groups in total. The zero-order valence-corrected chi connectivity index (χ0v) is 21.6. The fourth-order valence-corrected chi connectivity index (χ4v) is 4.24. The van der Waals surface area contributed by atoms with Gasteiger partial charge in [-0.3, -0.25) is 0 Å². The number of benzene rings is 2. The topological polar surface area (TPSA) is 24.1 Å². The number of hydrogen-bond acceptors (Lipinski definition) is 2. The second kappa shape index (κ2) is 11.2. The molecule has 36 heavy (non-hydrogen) atoms. The standard InChI is InChI=1S/C32H34F2N2/c1-19(2)22(5)31(34)14-9-20(3)28-18-30-26(16-25(28)15-21(4)35-7)17-29(32(30)23(6)36-8)24-10-12-27(33)13-11-24/h9-14,16,18,35-36H,1,3-4,6,15,17H2,2,5,7-8H3/b14-9-,31-22-. The molecule has 0 heterocycles. The second-order valence-corrected chi connectivity index (χ2v) is 9.07. The number of hydrogen-bond donors (Lipinski definition) is 2. The molecule has 0 saturated carbocycles. The summed E-state index contributed by atoms with van der Waals surface area (Å²) < 4.78 is 28.2. The van der Waals surface area contributed by atoms with Gasteiger partial charge in [0.05, 0.1) is 0 Å². The maximum absolute atomic E-state index is 14.6. The fourth-order valence-electron chi connectivity index (χ4n) is 4.24. The number of rotatable bonds is 10. The minimum absolute atomic E-state index is 0.273. The quantitative estimate of drug-likeness (QED) is 0.338. The molecule has 0 amide bonds. The first kappa shape index (κ1) is 26.7. The summed E-state index contributed by atoms with van der Waals surface area (Å²) in [4.78, 5) is 0. The van der Waals surface area contributed by atoms with Crippen LogP contribution in [0.5, 0.6) is 0 Å². The van der Waals surface area contributed by atoms with E-state index < -0.39 is 0 Å². The third-order valence-electron chi connectivity index (χ3n) is 6.60. The highest BCUT2D eigenvalue weighted by Crippen LogP contribution is 2.43. The fraction of sp³-hybridized carbons (Fsp3) is 0.188. The van der Waals surface area contributed by atoms with Gasteiger partial charge >= 0.3 is 0 Å². The molecule has 0 aliphatic heterocycles. The first-order valence-electron chi connectivity index (χ1n) is 11.8. The summed E-state index contributed by atoms with van der Waals surface area (Å²) >= 11 is 0. The molecule has 2 aromatic rings. The van der Waals surface area contributed by atoms with Crippen LogP contribution in [-0.4, -0.2) is 14.1 Å². The van der Waals surface area contributed by atoms with Gasteiger partial charge in [0.2, 0.25) is 0 Å². The van der Waals surface area contributed by atoms with Crippen LogP contribution in [0.2, 0.25) is 0 Å². The number of likely N-dealkylation sites (N-methyl/N-ethyl adjacent to an activating group) is 2. The van der Waals surface area contributed by atoms with Crippen LogP contribution in [0.15, 0.2) is 103 Å². The number of fused-ring (bicyclic) bond motifs is 1. The highest BCUT2D eigenvalue weighted by Gasteiger charge is 2.26. The average Bonchev–Trinajstić information content (AvgIpc) is 3.24. The van der Waals surface area contributed by atoms with Crippen molar-refractivity contribution in [3.05, 3.63) is 137 Å². The summed E-state index contributed by atoms with van der Waals surface area (Å²) in [6, 6.07) is 10.8. The zero-order valence-electron chi connectivity index (χ0n) is 21.6. The molecule has 4 heteroatoms. The molecule has 2 aromatic carbocycles. The van der Waals surface area contributed by atoms with Crippen molar-refractivity contribution in [3.8, 4) is 0 Å². The van der Waals surface area contributed by atoms with Gasteiger partial charge in [-0.2, -0.15) is 0 Å². The van der Waals surface area contributed by atoms with Crippen LogP contribution in [0.4, 0.5) is 8.78 Å². The Morgan fingerprint density at radius 3 is 2.22 bits per heavy atom. The molecule has 1 aliphatic rings. The van der Waals surface area contributed by atoms with Crippen LogP contribution in [-0.2, 0) is 12.8 Å². The summed E-state index contributed by atoms with van der Waals surface area (Å²) in [5.74, 6) is -0.612. The molecule has 0 atom stereocenters. The van der Waals surface area contributed by atoms with E-state index in [-0.39, 0.29) is 11.6 Å². The maximum Gasteiger partial charge on any atom is 0.126 e. The highest BCUT2D eigenvalue weighted by atomic mass is 19.1. The summed E-state index contributed by atoms with van der Waals surface area (Å²) in [5, 5.41) is 6.29. The van der Waals surface area contributed by atoms with E-state index in [0.717, 1.165) is 50.4 Å². The van der Waals surface area contributed by atoms with E-state index in [0.29, 0.717) is 29.6 Å². The molecule has 0 unspecified atom stereocenters. The van der Waals surface area contributed by atoms with Crippen molar-refractivity contribution in [1.82, 2.24) is 10.6 Å². The molecule has 186 valence electrons. The average molecular weight is 485 g/mol. The lowest BCUT2D eigenvalue weighted by Gasteiger charge is -2.17. The number of halogens is 2. The van der Waals surface area contributed by atoms with Crippen LogP contribution >= 0.6 is 0 Å². The number of nitrogens with one attached hydrogen (secondary N) is 2. The molecule has 3 rings (SSSR count). The molecule has 0 bridgehead atoms. The minimum atomic E-state index is -0.339. The molecule has 1 aliphatic carbocycles. The van der Waals surface area contributed by atoms with Gasteiger partial charge in [0, 0.05) is 37.5 Å². The van der Waals surface area contributed by atoms with Crippen molar-refractivity contribution in [1.29, 1.82) is 0 Å². The normalized spacial score (nSPS) is 13.4. The SMILES string of the molecule is C=C(Cc1cc2c(cc1C(=C)/C=C\C(F)=C(/C)C(=C)C)C(C(=C)NC)=C(c1ccc(F)cc1)C2)NC. The lowest BCUT2D eigenvalue weighted by Crippen LogP contribution is -2.09. The summed E-state index contributed by atoms with van der Waals surface area (Å²) in [7, 11) is 3.68. The van der Waals surface area contributed by atoms with E-state index in [2.05, 4.69) is 49.1 Å². The first-order chi connectivity index (χ1) is 17.1. The van der Waals surface area contributed by atoms with Gasteiger partial charge in [0.15, 0.2) is 0 Å². The van der Waals surface area contributed by atoms with Crippen molar-refractivity contribution in [2.75, 3.05) is 14.1 Å². The lowest BCUT2D eigenvalue weighted by molar-refractivity contribution is 0.627. The monoisotopic (exact) mass is 484 g/mol. The van der Waals surface area contributed by atoms with E-state index in [1.807, 2.05) is 14.1 Å². The van der Waals surface area contributed by atoms with Gasteiger partial charge in [-0.15, -0.1) is 0 Å². The molecule has 0 radical (unpaired) electrons. The van der Waals surface area contributed by atoms with Crippen molar-refractivity contribution < 1.29 is 8.78 Å². The molecular formula is C32H34F2N2. The highest BCUT2D eigenvalue weighted by molar-refractivity contribution is 6.03. The van der Waals surface area contributed by atoms with Crippen LogP contribution in [0, 0.1) is 5.82 Å². The van der Waals surface area contributed by atoms with E-state index in [4.69, 9.17) is 0 Å². The predicted molar refractivity (Wildman–Crippen MR) is 150 cm³/mol. The zero-order chi connectivity index (χ0) is 26.6. The Balaban J connectivity index is 2.17. The number of allylic oxidation sites excluding steroid dienone is 9. The second-order valence-electron chi connectivity index (χ2n) is 9.07. The molecule has 0 aromatic heterocycles. The van der Waals surface area contributed by atoms with E-state index in [1.54, 1.807) is 32.1 Å². The largest absolute Gasteiger partial charge is 0.392 e. The smallest absolute Gasteiger partial charge is 0.126 e. The van der Waals surface area contributed by atoms with Gasteiger partial charge in [0.25, 0.3) is 0 Å². The van der Waals surface area contributed by atoms with Crippen molar-refractivity contribution in [2.24, 2.45) is 0 Å². The summed E-state index contributed by atoms with van der Waals surface area (Å²) in [6.07, 6.45) is 4.42. The summed E-state index contributed by atoms with van der Waals surface area (Å²) in [6.45, 7) is 19.9. The van der Waals surface area contributed by atoms with Gasteiger partial charge in [0.1, 0.15) is 11.6 Å². The van der Waals surface area contributed by atoms with E-state index >= 15 is 0 Å². The minimum Gasteiger partial charge on any atom is -0.392 e.